The Morgan fingerprint density at radius 2 is 2.17 bits per heavy atom. The van der Waals surface area contributed by atoms with Crippen LogP contribution < -0.4 is 5.32 Å². The molecule has 2 rings (SSSR count). The molecule has 0 amide bonds. The number of nitrogens with zero attached hydrogens (tertiary/aromatic N) is 2. The lowest BCUT2D eigenvalue weighted by Gasteiger charge is -2.11. The van der Waals surface area contributed by atoms with E-state index in [1.54, 1.807) is 4.68 Å². The molecule has 18 heavy (non-hydrogen) atoms. The summed E-state index contributed by atoms with van der Waals surface area (Å²) >= 11 is 6.18. The number of aryl methyl sites for hydroxylation is 3. The first kappa shape index (κ1) is 13.2. The van der Waals surface area contributed by atoms with Gasteiger partial charge in [-0.2, -0.15) is 5.10 Å². The van der Waals surface area contributed by atoms with Crippen molar-refractivity contribution in [1.82, 2.24) is 15.1 Å². The highest BCUT2D eigenvalue weighted by Gasteiger charge is 2.14. The highest BCUT2D eigenvalue weighted by Crippen LogP contribution is 2.21. The van der Waals surface area contributed by atoms with Crippen molar-refractivity contribution in [3.8, 4) is 0 Å². The number of furan rings is 1. The summed E-state index contributed by atoms with van der Waals surface area (Å²) in [5, 5.41) is 8.36. The van der Waals surface area contributed by atoms with Crippen molar-refractivity contribution >= 4 is 11.6 Å². The van der Waals surface area contributed by atoms with Gasteiger partial charge in [0, 0.05) is 19.2 Å². The normalized spacial score (nSPS) is 12.9. The van der Waals surface area contributed by atoms with Gasteiger partial charge in [-0.3, -0.25) is 4.68 Å². The molecule has 0 aromatic carbocycles. The van der Waals surface area contributed by atoms with Gasteiger partial charge in [0.25, 0.3) is 0 Å². The van der Waals surface area contributed by atoms with Gasteiger partial charge in [0.05, 0.1) is 11.7 Å². The van der Waals surface area contributed by atoms with Crippen molar-refractivity contribution in [2.24, 2.45) is 7.05 Å². The Morgan fingerprint density at radius 3 is 2.67 bits per heavy atom. The number of aromatic nitrogens is 2. The van der Waals surface area contributed by atoms with E-state index in [0.29, 0.717) is 11.7 Å². The van der Waals surface area contributed by atoms with Crippen molar-refractivity contribution < 1.29 is 4.42 Å². The monoisotopic (exact) mass is 267 g/mol. The van der Waals surface area contributed by atoms with E-state index < -0.39 is 0 Å². The van der Waals surface area contributed by atoms with E-state index in [9.17, 15) is 0 Å². The fourth-order valence-corrected chi connectivity index (χ4v) is 2.16. The molecule has 0 aliphatic heterocycles. The molecule has 1 atom stereocenters. The molecule has 0 spiro atoms. The predicted octanol–water partition coefficient (Wildman–Crippen LogP) is 3.13. The second-order valence-corrected chi connectivity index (χ2v) is 4.89. The average Bonchev–Trinajstić information content (AvgIpc) is 2.83. The molecular weight excluding hydrogens is 250 g/mol. The molecular formula is C13H18ClN3O. The Kier molecular flexibility index (Phi) is 3.78. The first-order valence-corrected chi connectivity index (χ1v) is 6.34. The smallest absolute Gasteiger partial charge is 0.131 e. The number of hydrogen-bond acceptors (Lipinski definition) is 3. The molecule has 2 heterocycles. The van der Waals surface area contributed by atoms with Crippen LogP contribution in [0.5, 0.6) is 0 Å². The lowest BCUT2D eigenvalue weighted by Crippen LogP contribution is -2.18. The molecule has 5 heteroatoms. The fraction of sp³-hybridized carbons (Fsp3) is 0.462. The molecule has 1 N–H and O–H groups in total. The van der Waals surface area contributed by atoms with Crippen LogP contribution in [0.2, 0.25) is 5.15 Å². The predicted molar refractivity (Wildman–Crippen MR) is 71.7 cm³/mol. The third-order valence-corrected chi connectivity index (χ3v) is 3.52. The maximum atomic E-state index is 6.18. The van der Waals surface area contributed by atoms with Gasteiger partial charge in [-0.05, 0) is 32.9 Å². The van der Waals surface area contributed by atoms with Crippen molar-refractivity contribution in [3.63, 3.8) is 0 Å². The standard InChI is InChI=1S/C13H18ClN3O/c1-8-5-6-12(18-8)10(3)15-7-11-9(2)16-17(4)13(11)14/h5-6,10,15H,7H2,1-4H3. The third-order valence-electron chi connectivity index (χ3n) is 3.04. The maximum Gasteiger partial charge on any atom is 0.131 e. The topological polar surface area (TPSA) is 43.0 Å². The van der Waals surface area contributed by atoms with E-state index in [1.807, 2.05) is 33.0 Å². The lowest BCUT2D eigenvalue weighted by atomic mass is 10.2. The Hall–Kier alpha value is -1.26. The van der Waals surface area contributed by atoms with Gasteiger partial charge >= 0.3 is 0 Å². The Labute approximate surface area is 112 Å². The van der Waals surface area contributed by atoms with E-state index in [-0.39, 0.29) is 6.04 Å². The van der Waals surface area contributed by atoms with Gasteiger partial charge in [0.1, 0.15) is 16.7 Å². The molecule has 0 aliphatic rings. The van der Waals surface area contributed by atoms with Crippen LogP contribution in [-0.4, -0.2) is 9.78 Å². The Bertz CT molecular complexity index is 544. The molecule has 98 valence electrons. The van der Waals surface area contributed by atoms with Crippen molar-refractivity contribution in [2.45, 2.75) is 33.4 Å². The van der Waals surface area contributed by atoms with Crippen molar-refractivity contribution in [1.29, 1.82) is 0 Å². The highest BCUT2D eigenvalue weighted by molar-refractivity contribution is 6.30. The number of halogens is 1. The lowest BCUT2D eigenvalue weighted by molar-refractivity contribution is 0.415. The van der Waals surface area contributed by atoms with E-state index in [0.717, 1.165) is 22.8 Å². The molecule has 0 saturated carbocycles. The van der Waals surface area contributed by atoms with Gasteiger partial charge < -0.3 is 9.73 Å². The summed E-state index contributed by atoms with van der Waals surface area (Å²) in [6.07, 6.45) is 0. The minimum atomic E-state index is 0.148. The van der Waals surface area contributed by atoms with E-state index in [2.05, 4.69) is 17.3 Å². The first-order chi connectivity index (χ1) is 8.49. The molecule has 1 unspecified atom stereocenters. The molecule has 2 aromatic heterocycles. The Balaban J connectivity index is 2.03. The van der Waals surface area contributed by atoms with Crippen LogP contribution in [0.25, 0.3) is 0 Å². The van der Waals surface area contributed by atoms with Gasteiger partial charge in [-0.25, -0.2) is 0 Å². The van der Waals surface area contributed by atoms with Crippen LogP contribution in [-0.2, 0) is 13.6 Å². The minimum Gasteiger partial charge on any atom is -0.465 e. The molecule has 0 bridgehead atoms. The molecule has 0 fully saturated rings. The summed E-state index contributed by atoms with van der Waals surface area (Å²) in [6.45, 7) is 6.65. The zero-order valence-electron chi connectivity index (χ0n) is 11.1. The van der Waals surface area contributed by atoms with Crippen molar-refractivity contribution in [2.75, 3.05) is 0 Å². The van der Waals surface area contributed by atoms with Crippen molar-refractivity contribution in [3.05, 3.63) is 40.1 Å². The Morgan fingerprint density at radius 1 is 1.44 bits per heavy atom. The summed E-state index contributed by atoms with van der Waals surface area (Å²) < 4.78 is 7.27. The second kappa shape index (κ2) is 5.16. The zero-order valence-corrected chi connectivity index (χ0v) is 11.9. The average molecular weight is 268 g/mol. The zero-order chi connectivity index (χ0) is 13.3. The fourth-order valence-electron chi connectivity index (χ4n) is 1.92. The summed E-state index contributed by atoms with van der Waals surface area (Å²) in [4.78, 5) is 0. The van der Waals surface area contributed by atoms with E-state index >= 15 is 0 Å². The second-order valence-electron chi connectivity index (χ2n) is 4.53. The van der Waals surface area contributed by atoms with Crippen LogP contribution in [0.3, 0.4) is 0 Å². The first-order valence-electron chi connectivity index (χ1n) is 5.96. The van der Waals surface area contributed by atoms with Crippen LogP contribution in [0.4, 0.5) is 0 Å². The number of rotatable bonds is 4. The minimum absolute atomic E-state index is 0.148. The van der Waals surface area contributed by atoms with Crippen LogP contribution >= 0.6 is 11.6 Å². The number of hydrogen-bond donors (Lipinski definition) is 1. The number of nitrogens with one attached hydrogen (secondary N) is 1. The summed E-state index contributed by atoms with van der Waals surface area (Å²) in [5.74, 6) is 1.86. The highest BCUT2D eigenvalue weighted by atomic mass is 35.5. The van der Waals surface area contributed by atoms with Gasteiger partial charge in [-0.1, -0.05) is 11.6 Å². The summed E-state index contributed by atoms with van der Waals surface area (Å²) in [5.41, 5.74) is 1.99. The summed E-state index contributed by atoms with van der Waals surface area (Å²) in [6, 6.07) is 4.11. The van der Waals surface area contributed by atoms with E-state index in [1.165, 1.54) is 0 Å². The van der Waals surface area contributed by atoms with Gasteiger partial charge in [0.2, 0.25) is 0 Å². The van der Waals surface area contributed by atoms with Gasteiger partial charge in [-0.15, -0.1) is 0 Å². The van der Waals surface area contributed by atoms with Crippen LogP contribution in [0, 0.1) is 13.8 Å². The van der Waals surface area contributed by atoms with Crippen LogP contribution in [0.1, 0.15) is 35.7 Å². The maximum absolute atomic E-state index is 6.18. The largest absolute Gasteiger partial charge is 0.465 e. The quantitative estimate of drug-likeness (QED) is 0.925. The van der Waals surface area contributed by atoms with Gasteiger partial charge in [0.15, 0.2) is 0 Å². The molecule has 0 saturated heterocycles. The van der Waals surface area contributed by atoms with Crippen LogP contribution in [0.15, 0.2) is 16.5 Å². The van der Waals surface area contributed by atoms with E-state index in [4.69, 9.17) is 16.0 Å². The molecule has 2 aromatic rings. The molecule has 0 aliphatic carbocycles. The third kappa shape index (κ3) is 2.60. The summed E-state index contributed by atoms with van der Waals surface area (Å²) in [7, 11) is 1.85. The molecule has 0 radical (unpaired) electrons. The SMILES string of the molecule is Cc1ccc(C(C)NCc2c(C)nn(C)c2Cl)o1. The molecule has 4 nitrogen and oxygen atoms in total.